The van der Waals surface area contributed by atoms with Crippen LogP contribution in [0.25, 0.3) is 0 Å². The predicted octanol–water partition coefficient (Wildman–Crippen LogP) is 2.53. The molecule has 0 saturated carbocycles. The Morgan fingerprint density at radius 1 is 1.07 bits per heavy atom. The lowest BCUT2D eigenvalue weighted by atomic mass is 10.1. The van der Waals surface area contributed by atoms with Crippen LogP contribution in [-0.2, 0) is 30.7 Å². The van der Waals surface area contributed by atoms with E-state index in [1.807, 2.05) is 58.1 Å². The molecule has 2 aromatic heterocycles. The van der Waals surface area contributed by atoms with E-state index < -0.39 is 6.10 Å². The van der Waals surface area contributed by atoms with E-state index in [-0.39, 0.29) is 5.91 Å². The molecule has 6 heteroatoms. The Morgan fingerprint density at radius 3 is 2.64 bits per heavy atom. The van der Waals surface area contributed by atoms with Gasteiger partial charge in [-0.1, -0.05) is 30.3 Å². The Morgan fingerprint density at radius 2 is 1.86 bits per heavy atom. The van der Waals surface area contributed by atoms with Gasteiger partial charge in [0.15, 0.2) is 0 Å². The maximum atomic E-state index is 12.6. The smallest absolute Gasteiger partial charge is 0.223 e. The molecule has 1 atom stereocenters. The Labute approximate surface area is 164 Å². The molecule has 0 bridgehead atoms. The molecule has 1 aliphatic heterocycles. The van der Waals surface area contributed by atoms with Crippen LogP contribution < -0.4 is 0 Å². The van der Waals surface area contributed by atoms with Crippen LogP contribution in [0.5, 0.6) is 0 Å². The lowest BCUT2D eigenvalue weighted by Gasteiger charge is -2.27. The number of aliphatic hydroxyl groups excluding tert-OH is 1. The number of hydrogen-bond donors (Lipinski definition) is 1. The van der Waals surface area contributed by atoms with E-state index in [1.54, 1.807) is 12.4 Å². The van der Waals surface area contributed by atoms with Gasteiger partial charge >= 0.3 is 0 Å². The summed E-state index contributed by atoms with van der Waals surface area (Å²) < 4.78 is 1.91. The van der Waals surface area contributed by atoms with Gasteiger partial charge in [-0.3, -0.25) is 14.5 Å². The highest BCUT2D eigenvalue weighted by molar-refractivity contribution is 5.76. The highest BCUT2D eigenvalue weighted by atomic mass is 16.3. The lowest BCUT2D eigenvalue weighted by Crippen LogP contribution is -2.38. The fourth-order valence-corrected chi connectivity index (χ4v) is 3.57. The first-order valence-electron chi connectivity index (χ1n) is 9.64. The summed E-state index contributed by atoms with van der Waals surface area (Å²) in [6, 6.07) is 15.7. The topological polar surface area (TPSA) is 71.2 Å². The van der Waals surface area contributed by atoms with E-state index in [4.69, 9.17) is 0 Å². The molecule has 3 heterocycles. The summed E-state index contributed by atoms with van der Waals surface area (Å²) in [5, 5.41) is 15.1. The quantitative estimate of drug-likeness (QED) is 0.718. The van der Waals surface area contributed by atoms with Crippen LogP contribution in [0.1, 0.15) is 35.0 Å². The minimum absolute atomic E-state index is 0.149. The molecule has 1 amide bonds. The number of nitrogens with zero attached hydrogens (tertiary/aromatic N) is 4. The largest absolute Gasteiger partial charge is 0.386 e. The fraction of sp³-hybridized carbons (Fsp3) is 0.318. The average molecular weight is 376 g/mol. The maximum Gasteiger partial charge on any atom is 0.223 e. The average Bonchev–Trinajstić information content (AvgIpc) is 3.17. The van der Waals surface area contributed by atoms with Gasteiger partial charge in [0.05, 0.1) is 24.5 Å². The summed E-state index contributed by atoms with van der Waals surface area (Å²) in [4.78, 5) is 18.5. The molecule has 3 aromatic rings. The third-order valence-electron chi connectivity index (χ3n) is 5.16. The molecule has 1 N–H and O–H groups in total. The van der Waals surface area contributed by atoms with Crippen molar-refractivity contribution in [3.63, 3.8) is 0 Å². The van der Waals surface area contributed by atoms with Gasteiger partial charge in [-0.25, -0.2) is 0 Å². The van der Waals surface area contributed by atoms with Crippen LogP contribution in [0.15, 0.2) is 60.9 Å². The summed E-state index contributed by atoms with van der Waals surface area (Å²) in [7, 11) is 0. The number of aromatic nitrogens is 3. The van der Waals surface area contributed by atoms with Crippen molar-refractivity contribution in [3.8, 4) is 0 Å². The number of carbonyl (C=O) groups excluding carboxylic acids is 1. The number of aryl methyl sites for hydroxylation is 1. The van der Waals surface area contributed by atoms with Gasteiger partial charge in [0, 0.05) is 31.8 Å². The van der Waals surface area contributed by atoms with Gasteiger partial charge in [-0.05, 0) is 35.7 Å². The van der Waals surface area contributed by atoms with E-state index in [2.05, 4.69) is 10.1 Å². The Hall–Kier alpha value is -2.99. The summed E-state index contributed by atoms with van der Waals surface area (Å²) in [6.45, 7) is 1.85. The Kier molecular flexibility index (Phi) is 5.48. The maximum absolute atomic E-state index is 12.6. The van der Waals surface area contributed by atoms with Crippen LogP contribution in [0.4, 0.5) is 0 Å². The number of carbonyl (C=O) groups is 1. The molecule has 1 aromatic carbocycles. The molecule has 4 rings (SSSR count). The SMILES string of the molecule is O=C(CCc1ccncc1)N1CCn2nc([C@H](O)Cc3ccccc3)cc2C1. The molecule has 0 spiro atoms. The van der Waals surface area contributed by atoms with Gasteiger partial charge in [-0.15, -0.1) is 0 Å². The fourth-order valence-electron chi connectivity index (χ4n) is 3.57. The molecular formula is C22H24N4O2. The minimum Gasteiger partial charge on any atom is -0.386 e. The highest BCUT2D eigenvalue weighted by Crippen LogP contribution is 2.21. The Balaban J connectivity index is 1.36. The Bertz CT molecular complexity index is 924. The predicted molar refractivity (Wildman–Crippen MR) is 105 cm³/mol. The van der Waals surface area contributed by atoms with E-state index in [0.29, 0.717) is 38.2 Å². The van der Waals surface area contributed by atoms with Crippen molar-refractivity contribution in [2.24, 2.45) is 0 Å². The van der Waals surface area contributed by atoms with Crippen LogP contribution in [-0.4, -0.2) is 37.2 Å². The summed E-state index contributed by atoms with van der Waals surface area (Å²) in [5.74, 6) is 0.149. The van der Waals surface area contributed by atoms with E-state index in [9.17, 15) is 9.90 Å². The molecule has 144 valence electrons. The van der Waals surface area contributed by atoms with Crippen LogP contribution in [0, 0.1) is 0 Å². The molecule has 0 fully saturated rings. The van der Waals surface area contributed by atoms with Gasteiger partial charge in [0.25, 0.3) is 0 Å². The van der Waals surface area contributed by atoms with E-state index in [0.717, 1.165) is 23.2 Å². The van der Waals surface area contributed by atoms with Crippen molar-refractivity contribution >= 4 is 5.91 Å². The van der Waals surface area contributed by atoms with Crippen molar-refractivity contribution in [3.05, 3.63) is 83.4 Å². The highest BCUT2D eigenvalue weighted by Gasteiger charge is 2.24. The molecule has 0 aliphatic carbocycles. The zero-order valence-corrected chi connectivity index (χ0v) is 15.7. The molecule has 1 aliphatic rings. The lowest BCUT2D eigenvalue weighted by molar-refractivity contribution is -0.132. The van der Waals surface area contributed by atoms with Crippen LogP contribution in [0.2, 0.25) is 0 Å². The number of aliphatic hydroxyl groups is 1. The second-order valence-electron chi connectivity index (χ2n) is 7.16. The number of fused-ring (bicyclic) bond motifs is 1. The first-order chi connectivity index (χ1) is 13.7. The van der Waals surface area contributed by atoms with Crippen molar-refractivity contribution < 1.29 is 9.90 Å². The minimum atomic E-state index is -0.642. The molecule has 6 nitrogen and oxygen atoms in total. The zero-order valence-electron chi connectivity index (χ0n) is 15.7. The summed E-state index contributed by atoms with van der Waals surface area (Å²) in [5.41, 5.74) is 3.85. The van der Waals surface area contributed by atoms with E-state index >= 15 is 0 Å². The van der Waals surface area contributed by atoms with Crippen molar-refractivity contribution in [2.45, 2.75) is 38.5 Å². The van der Waals surface area contributed by atoms with Crippen molar-refractivity contribution in [2.75, 3.05) is 6.54 Å². The molecule has 0 unspecified atom stereocenters. The number of hydrogen-bond acceptors (Lipinski definition) is 4. The monoisotopic (exact) mass is 376 g/mol. The van der Waals surface area contributed by atoms with Crippen molar-refractivity contribution in [1.82, 2.24) is 19.7 Å². The first kappa shape index (κ1) is 18.4. The normalized spacial score (nSPS) is 14.5. The third kappa shape index (κ3) is 4.28. The molecule has 0 saturated heterocycles. The molecule has 28 heavy (non-hydrogen) atoms. The summed E-state index contributed by atoms with van der Waals surface area (Å²) >= 11 is 0. The number of amides is 1. The number of pyridine rings is 1. The second kappa shape index (κ2) is 8.35. The summed E-state index contributed by atoms with van der Waals surface area (Å²) in [6.07, 6.45) is 4.60. The van der Waals surface area contributed by atoms with Gasteiger partial charge in [0.1, 0.15) is 6.10 Å². The second-order valence-corrected chi connectivity index (χ2v) is 7.16. The number of benzene rings is 1. The zero-order chi connectivity index (χ0) is 19.3. The third-order valence-corrected chi connectivity index (χ3v) is 5.16. The van der Waals surface area contributed by atoms with Crippen LogP contribution in [0.3, 0.4) is 0 Å². The molecule has 0 radical (unpaired) electrons. The van der Waals surface area contributed by atoms with Crippen LogP contribution >= 0.6 is 0 Å². The van der Waals surface area contributed by atoms with E-state index in [1.165, 1.54) is 0 Å². The first-order valence-corrected chi connectivity index (χ1v) is 9.64. The van der Waals surface area contributed by atoms with Gasteiger partial charge in [0.2, 0.25) is 5.91 Å². The number of rotatable bonds is 6. The van der Waals surface area contributed by atoms with Gasteiger partial charge in [-0.2, -0.15) is 5.10 Å². The molecular weight excluding hydrogens is 352 g/mol. The van der Waals surface area contributed by atoms with Crippen molar-refractivity contribution in [1.29, 1.82) is 0 Å². The standard InChI is InChI=1S/C22H24N4O2/c27-21(14-18-4-2-1-3-5-18)20-15-19-16-25(12-13-26(19)24-20)22(28)7-6-17-8-10-23-11-9-17/h1-5,8-11,15,21,27H,6-7,12-14,16H2/t21-/m1/s1. The van der Waals surface area contributed by atoms with Gasteiger partial charge < -0.3 is 10.0 Å².